The van der Waals surface area contributed by atoms with Crippen molar-refractivity contribution in [2.24, 2.45) is 0 Å². The Morgan fingerprint density at radius 3 is 2.38 bits per heavy atom. The molecular weight excluding hydrogens is 307 g/mol. The van der Waals surface area contributed by atoms with Crippen LogP contribution in [-0.2, 0) is 4.74 Å². The van der Waals surface area contributed by atoms with E-state index in [1.807, 2.05) is 51.9 Å². The van der Waals surface area contributed by atoms with Crippen molar-refractivity contribution in [2.75, 3.05) is 32.1 Å². The van der Waals surface area contributed by atoms with E-state index < -0.39 is 5.60 Å². The SMILES string of the molecule is CN(C)c1ccc(C=C2CCN(C(=O)OC(C)(C)C)CC2)c(F)c1. The average Bonchev–Trinajstić information content (AvgIpc) is 2.48. The summed E-state index contributed by atoms with van der Waals surface area (Å²) >= 11 is 0. The molecule has 1 saturated heterocycles. The molecule has 0 atom stereocenters. The van der Waals surface area contributed by atoms with Crippen LogP contribution in [0.25, 0.3) is 6.08 Å². The minimum absolute atomic E-state index is 0.219. The van der Waals surface area contributed by atoms with Gasteiger partial charge in [0.05, 0.1) is 0 Å². The summed E-state index contributed by atoms with van der Waals surface area (Å²) in [7, 11) is 3.78. The number of hydrogen-bond acceptors (Lipinski definition) is 3. The highest BCUT2D eigenvalue weighted by molar-refractivity contribution is 5.68. The number of likely N-dealkylation sites (tertiary alicyclic amines) is 1. The first-order valence-electron chi connectivity index (χ1n) is 8.30. The van der Waals surface area contributed by atoms with Crippen molar-refractivity contribution in [3.8, 4) is 0 Å². The average molecular weight is 334 g/mol. The molecule has 0 radical (unpaired) electrons. The van der Waals surface area contributed by atoms with E-state index >= 15 is 0 Å². The number of ether oxygens (including phenoxy) is 1. The van der Waals surface area contributed by atoms with Gasteiger partial charge in [-0.3, -0.25) is 0 Å². The van der Waals surface area contributed by atoms with Crippen molar-refractivity contribution >= 4 is 17.9 Å². The minimum atomic E-state index is -0.482. The summed E-state index contributed by atoms with van der Waals surface area (Å²) in [5.41, 5.74) is 2.12. The Morgan fingerprint density at radius 1 is 1.25 bits per heavy atom. The van der Waals surface area contributed by atoms with Gasteiger partial charge in [-0.2, -0.15) is 0 Å². The van der Waals surface area contributed by atoms with Crippen LogP contribution in [0, 0.1) is 5.82 Å². The third-order valence-corrected chi connectivity index (χ3v) is 3.92. The monoisotopic (exact) mass is 334 g/mol. The molecule has 1 heterocycles. The molecule has 1 aliphatic rings. The molecule has 1 aliphatic heterocycles. The number of piperidine rings is 1. The van der Waals surface area contributed by atoms with Gasteiger partial charge in [0.2, 0.25) is 0 Å². The Kier molecular flexibility index (Phi) is 5.52. The maximum Gasteiger partial charge on any atom is 0.410 e. The number of amides is 1. The number of nitrogens with zero attached hydrogens (tertiary/aromatic N) is 2. The quantitative estimate of drug-likeness (QED) is 0.808. The number of carbonyl (C=O) groups is 1. The molecule has 1 amide bonds. The normalized spacial score (nSPS) is 15.2. The predicted octanol–water partition coefficient (Wildman–Crippen LogP) is 4.31. The second kappa shape index (κ2) is 7.24. The van der Waals surface area contributed by atoms with Gasteiger partial charge in [0.1, 0.15) is 11.4 Å². The van der Waals surface area contributed by atoms with E-state index in [2.05, 4.69) is 0 Å². The molecule has 1 aromatic rings. The summed E-state index contributed by atoms with van der Waals surface area (Å²) in [4.78, 5) is 15.6. The number of carbonyl (C=O) groups excluding carboxylic acids is 1. The number of rotatable bonds is 2. The molecule has 4 nitrogen and oxygen atoms in total. The fourth-order valence-electron chi connectivity index (χ4n) is 2.58. The Labute approximate surface area is 143 Å². The third-order valence-electron chi connectivity index (χ3n) is 3.92. The van der Waals surface area contributed by atoms with Gasteiger partial charge in [0.25, 0.3) is 0 Å². The van der Waals surface area contributed by atoms with Gasteiger partial charge in [0, 0.05) is 38.4 Å². The largest absolute Gasteiger partial charge is 0.444 e. The Balaban J connectivity index is 1.99. The Hall–Kier alpha value is -2.04. The fourth-order valence-corrected chi connectivity index (χ4v) is 2.58. The molecule has 0 aromatic heterocycles. The van der Waals surface area contributed by atoms with Crippen molar-refractivity contribution < 1.29 is 13.9 Å². The molecule has 0 saturated carbocycles. The molecule has 2 rings (SSSR count). The maximum atomic E-state index is 14.2. The standard InChI is InChI=1S/C19H27FN2O2/c1-19(2,3)24-18(23)22-10-8-14(9-11-22)12-15-6-7-16(21(4)5)13-17(15)20/h6-7,12-13H,8-11H2,1-5H3. The molecule has 132 valence electrons. The zero-order valence-corrected chi connectivity index (χ0v) is 15.2. The van der Waals surface area contributed by atoms with E-state index in [9.17, 15) is 9.18 Å². The van der Waals surface area contributed by atoms with Crippen LogP contribution in [0.3, 0.4) is 0 Å². The third kappa shape index (κ3) is 4.98. The summed E-state index contributed by atoms with van der Waals surface area (Å²) in [6.07, 6.45) is 3.12. The zero-order chi connectivity index (χ0) is 17.9. The number of benzene rings is 1. The van der Waals surface area contributed by atoms with Gasteiger partial charge in [-0.25, -0.2) is 9.18 Å². The van der Waals surface area contributed by atoms with Crippen LogP contribution in [0.1, 0.15) is 39.2 Å². The van der Waals surface area contributed by atoms with Crippen LogP contribution in [0.2, 0.25) is 0 Å². The molecule has 0 aliphatic carbocycles. The summed E-state index contributed by atoms with van der Waals surface area (Å²) in [6.45, 7) is 6.80. The van der Waals surface area contributed by atoms with Gasteiger partial charge in [-0.15, -0.1) is 0 Å². The number of anilines is 1. The lowest BCUT2D eigenvalue weighted by atomic mass is 10.0. The Morgan fingerprint density at radius 2 is 1.88 bits per heavy atom. The summed E-state index contributed by atoms with van der Waals surface area (Å²) in [6, 6.07) is 5.26. The van der Waals surface area contributed by atoms with E-state index in [0.29, 0.717) is 18.7 Å². The van der Waals surface area contributed by atoms with Gasteiger partial charge >= 0.3 is 6.09 Å². The van der Waals surface area contributed by atoms with E-state index in [1.54, 1.807) is 17.0 Å². The molecule has 1 aromatic carbocycles. The highest BCUT2D eigenvalue weighted by atomic mass is 19.1. The van der Waals surface area contributed by atoms with E-state index in [-0.39, 0.29) is 11.9 Å². The number of hydrogen-bond donors (Lipinski definition) is 0. The van der Waals surface area contributed by atoms with E-state index in [0.717, 1.165) is 24.1 Å². The first-order valence-corrected chi connectivity index (χ1v) is 8.30. The van der Waals surface area contributed by atoms with E-state index in [4.69, 9.17) is 4.74 Å². The van der Waals surface area contributed by atoms with Crippen LogP contribution in [0.4, 0.5) is 14.9 Å². The van der Waals surface area contributed by atoms with Gasteiger partial charge in [-0.1, -0.05) is 11.6 Å². The van der Waals surface area contributed by atoms with Crippen LogP contribution >= 0.6 is 0 Å². The lowest BCUT2D eigenvalue weighted by Gasteiger charge is -2.31. The summed E-state index contributed by atoms with van der Waals surface area (Å²) in [5, 5.41) is 0. The first kappa shape index (κ1) is 18.3. The second-order valence-corrected chi connectivity index (χ2v) is 7.37. The van der Waals surface area contributed by atoms with Gasteiger partial charge in [0.15, 0.2) is 0 Å². The Bertz CT molecular complexity index is 623. The lowest BCUT2D eigenvalue weighted by Crippen LogP contribution is -2.40. The molecule has 0 unspecified atom stereocenters. The van der Waals surface area contributed by atoms with Crippen molar-refractivity contribution in [2.45, 2.75) is 39.2 Å². The molecule has 1 fully saturated rings. The zero-order valence-electron chi connectivity index (χ0n) is 15.2. The van der Waals surface area contributed by atoms with E-state index in [1.165, 1.54) is 0 Å². The minimum Gasteiger partial charge on any atom is -0.444 e. The van der Waals surface area contributed by atoms with Crippen molar-refractivity contribution in [3.63, 3.8) is 0 Å². The van der Waals surface area contributed by atoms with Crippen LogP contribution in [0.5, 0.6) is 0 Å². The van der Waals surface area contributed by atoms with Crippen LogP contribution in [0.15, 0.2) is 23.8 Å². The summed E-state index contributed by atoms with van der Waals surface area (Å²) < 4.78 is 19.6. The topological polar surface area (TPSA) is 32.8 Å². The van der Waals surface area contributed by atoms with Crippen molar-refractivity contribution in [1.29, 1.82) is 0 Å². The van der Waals surface area contributed by atoms with Gasteiger partial charge in [-0.05, 0) is 51.8 Å². The smallest absolute Gasteiger partial charge is 0.410 e. The molecule has 0 N–H and O–H groups in total. The summed E-state index contributed by atoms with van der Waals surface area (Å²) in [5.74, 6) is -0.219. The molecule has 0 bridgehead atoms. The number of halogens is 1. The highest BCUT2D eigenvalue weighted by Crippen LogP contribution is 2.24. The predicted molar refractivity (Wildman–Crippen MR) is 95.7 cm³/mol. The molecular formula is C19H27FN2O2. The molecule has 0 spiro atoms. The first-order chi connectivity index (χ1) is 11.2. The van der Waals surface area contributed by atoms with Crippen LogP contribution < -0.4 is 4.90 Å². The highest BCUT2D eigenvalue weighted by Gasteiger charge is 2.24. The maximum absolute atomic E-state index is 14.2. The second-order valence-electron chi connectivity index (χ2n) is 7.37. The van der Waals surface area contributed by atoms with Crippen LogP contribution in [-0.4, -0.2) is 43.8 Å². The van der Waals surface area contributed by atoms with Crippen molar-refractivity contribution in [1.82, 2.24) is 4.90 Å². The molecule has 5 heteroatoms. The fraction of sp³-hybridized carbons (Fsp3) is 0.526. The van der Waals surface area contributed by atoms with Gasteiger partial charge < -0.3 is 14.5 Å². The lowest BCUT2D eigenvalue weighted by molar-refractivity contribution is 0.0237. The molecule has 24 heavy (non-hydrogen) atoms. The van der Waals surface area contributed by atoms with Crippen molar-refractivity contribution in [3.05, 3.63) is 35.2 Å².